The average molecular weight is 128 g/mol. The van der Waals surface area contributed by atoms with E-state index in [0.29, 0.717) is 0 Å². The van der Waals surface area contributed by atoms with Crippen LogP contribution in [0.3, 0.4) is 0 Å². The molecule has 48 valence electrons. The predicted molar refractivity (Wildman–Crippen MR) is 26.3 cm³/mol. The van der Waals surface area contributed by atoms with Crippen LogP contribution in [-0.2, 0) is 14.3 Å². The lowest BCUT2D eigenvalue weighted by atomic mass is 10.3. The number of aliphatic hydroxyl groups is 1. The molecule has 0 aromatic heterocycles. The van der Waals surface area contributed by atoms with E-state index in [-0.39, 0.29) is 5.57 Å². The molecule has 4 heteroatoms. The van der Waals surface area contributed by atoms with Gasteiger partial charge >= 0.3 is 11.9 Å². The summed E-state index contributed by atoms with van der Waals surface area (Å²) < 4.78 is 4.03. The molecular formula is C5H4O4. The number of hydrogen-bond donors (Lipinski definition) is 1. The second-order valence-corrected chi connectivity index (χ2v) is 1.54. The summed E-state index contributed by atoms with van der Waals surface area (Å²) in [5.41, 5.74) is 0.0139. The smallest absolute Gasteiger partial charge is 0.344 e. The van der Waals surface area contributed by atoms with Crippen molar-refractivity contribution >= 4 is 11.9 Å². The maximum atomic E-state index is 10.3. The van der Waals surface area contributed by atoms with E-state index < -0.39 is 18.5 Å². The van der Waals surface area contributed by atoms with Crippen molar-refractivity contribution < 1.29 is 19.4 Å². The van der Waals surface area contributed by atoms with E-state index in [0.717, 1.165) is 6.08 Å². The molecule has 0 atom stereocenters. The average Bonchev–Trinajstić information content (AvgIpc) is 2.10. The fourth-order valence-electron chi connectivity index (χ4n) is 0.498. The lowest BCUT2D eigenvalue weighted by Crippen LogP contribution is -2.03. The minimum absolute atomic E-state index is 0.0139. The number of carbonyl (C=O) groups excluding carboxylic acids is 2. The summed E-state index contributed by atoms with van der Waals surface area (Å²) in [5, 5.41) is 8.33. The summed E-state index contributed by atoms with van der Waals surface area (Å²) in [5.74, 6) is -1.45. The van der Waals surface area contributed by atoms with Crippen molar-refractivity contribution in [2.24, 2.45) is 0 Å². The molecule has 1 N–H and O–H groups in total. The third kappa shape index (κ3) is 0.972. The van der Waals surface area contributed by atoms with Crippen LogP contribution in [0.2, 0.25) is 0 Å². The van der Waals surface area contributed by atoms with Crippen LogP contribution in [0.4, 0.5) is 0 Å². The number of carbonyl (C=O) groups is 2. The van der Waals surface area contributed by atoms with Crippen molar-refractivity contribution in [2.75, 3.05) is 6.61 Å². The number of cyclic esters (lactones) is 2. The van der Waals surface area contributed by atoms with Crippen LogP contribution in [0.1, 0.15) is 0 Å². The van der Waals surface area contributed by atoms with E-state index in [1.54, 1.807) is 0 Å². The highest BCUT2D eigenvalue weighted by atomic mass is 16.6. The Morgan fingerprint density at radius 3 is 2.44 bits per heavy atom. The van der Waals surface area contributed by atoms with Gasteiger partial charge in [0.2, 0.25) is 0 Å². The number of aliphatic hydroxyl groups excluding tert-OH is 1. The Balaban J connectivity index is 2.80. The molecule has 1 aliphatic rings. The molecule has 0 fully saturated rings. The normalized spacial score (nSPS) is 17.7. The zero-order valence-electron chi connectivity index (χ0n) is 4.46. The third-order valence-corrected chi connectivity index (χ3v) is 0.918. The van der Waals surface area contributed by atoms with Crippen molar-refractivity contribution in [3.8, 4) is 0 Å². The zero-order valence-corrected chi connectivity index (χ0v) is 4.46. The largest absolute Gasteiger partial charge is 0.391 e. The fraction of sp³-hybridized carbons (Fsp3) is 0.200. The molecule has 0 aliphatic carbocycles. The zero-order chi connectivity index (χ0) is 6.85. The van der Waals surface area contributed by atoms with Crippen molar-refractivity contribution in [1.82, 2.24) is 0 Å². The molecule has 1 heterocycles. The van der Waals surface area contributed by atoms with Gasteiger partial charge in [-0.25, -0.2) is 9.59 Å². The fourth-order valence-corrected chi connectivity index (χ4v) is 0.498. The van der Waals surface area contributed by atoms with Gasteiger partial charge in [-0.05, 0) is 0 Å². The molecule has 0 aromatic rings. The van der Waals surface area contributed by atoms with E-state index in [2.05, 4.69) is 4.74 Å². The van der Waals surface area contributed by atoms with Crippen molar-refractivity contribution in [1.29, 1.82) is 0 Å². The van der Waals surface area contributed by atoms with Gasteiger partial charge in [0.05, 0.1) is 12.2 Å². The van der Waals surface area contributed by atoms with E-state index >= 15 is 0 Å². The van der Waals surface area contributed by atoms with Crippen LogP contribution in [0.15, 0.2) is 11.6 Å². The first-order chi connectivity index (χ1) is 4.24. The Labute approximate surface area is 50.7 Å². The van der Waals surface area contributed by atoms with Gasteiger partial charge in [-0.1, -0.05) is 0 Å². The monoisotopic (exact) mass is 128 g/mol. The Morgan fingerprint density at radius 1 is 1.56 bits per heavy atom. The lowest BCUT2D eigenvalue weighted by Gasteiger charge is -1.87. The molecule has 0 unspecified atom stereocenters. The highest BCUT2D eigenvalue weighted by molar-refractivity contribution is 6.08. The Bertz CT molecular complexity index is 191. The molecule has 1 rings (SSSR count). The molecular weight excluding hydrogens is 124 g/mol. The Morgan fingerprint density at radius 2 is 2.22 bits per heavy atom. The van der Waals surface area contributed by atoms with Gasteiger partial charge in [0, 0.05) is 6.08 Å². The number of esters is 2. The maximum absolute atomic E-state index is 10.3. The standard InChI is InChI=1S/C5H4O4/c6-2-3-1-4(7)9-5(3)8/h1,6H,2H2. The second kappa shape index (κ2) is 1.99. The number of rotatable bonds is 1. The molecule has 9 heavy (non-hydrogen) atoms. The topological polar surface area (TPSA) is 63.6 Å². The summed E-state index contributed by atoms with van der Waals surface area (Å²) >= 11 is 0. The van der Waals surface area contributed by atoms with Gasteiger partial charge in [-0.15, -0.1) is 0 Å². The SMILES string of the molecule is O=C1C=C(CO)C(=O)O1. The first-order valence-corrected chi connectivity index (χ1v) is 2.31. The van der Waals surface area contributed by atoms with Gasteiger partial charge in [0.15, 0.2) is 0 Å². The van der Waals surface area contributed by atoms with Crippen molar-refractivity contribution in [3.05, 3.63) is 11.6 Å². The first kappa shape index (κ1) is 5.97. The van der Waals surface area contributed by atoms with Crippen LogP contribution in [0.25, 0.3) is 0 Å². The van der Waals surface area contributed by atoms with Gasteiger partial charge in [0.1, 0.15) is 0 Å². The molecule has 4 nitrogen and oxygen atoms in total. The Kier molecular flexibility index (Phi) is 1.32. The summed E-state index contributed by atoms with van der Waals surface area (Å²) in [6.07, 6.45) is 0.975. The van der Waals surface area contributed by atoms with Gasteiger partial charge in [-0.2, -0.15) is 0 Å². The van der Waals surface area contributed by atoms with Crippen LogP contribution < -0.4 is 0 Å². The lowest BCUT2D eigenvalue weighted by molar-refractivity contribution is -0.150. The van der Waals surface area contributed by atoms with Crippen molar-refractivity contribution in [3.63, 3.8) is 0 Å². The Hall–Kier alpha value is -1.16. The molecule has 0 saturated carbocycles. The highest BCUT2D eigenvalue weighted by Gasteiger charge is 2.21. The van der Waals surface area contributed by atoms with E-state index in [1.807, 2.05) is 0 Å². The highest BCUT2D eigenvalue weighted by Crippen LogP contribution is 2.05. The molecule has 0 spiro atoms. The molecule has 0 aromatic carbocycles. The molecule has 0 bridgehead atoms. The molecule has 1 aliphatic heterocycles. The third-order valence-electron chi connectivity index (χ3n) is 0.918. The minimum Gasteiger partial charge on any atom is -0.391 e. The predicted octanol–water partition coefficient (Wildman–Crippen LogP) is -1.01. The van der Waals surface area contributed by atoms with Gasteiger partial charge in [0.25, 0.3) is 0 Å². The molecule has 0 saturated heterocycles. The summed E-state index contributed by atoms with van der Waals surface area (Å²) in [4.78, 5) is 20.5. The van der Waals surface area contributed by atoms with Crippen molar-refractivity contribution in [2.45, 2.75) is 0 Å². The maximum Gasteiger partial charge on any atom is 0.344 e. The summed E-state index contributed by atoms with van der Waals surface area (Å²) in [6, 6.07) is 0. The quantitative estimate of drug-likeness (QED) is 0.363. The number of hydrogen-bond acceptors (Lipinski definition) is 4. The first-order valence-electron chi connectivity index (χ1n) is 2.31. The molecule has 0 amide bonds. The molecule has 0 radical (unpaired) electrons. The number of ether oxygens (including phenoxy) is 1. The van der Waals surface area contributed by atoms with E-state index in [1.165, 1.54) is 0 Å². The van der Waals surface area contributed by atoms with Crippen LogP contribution in [-0.4, -0.2) is 23.7 Å². The van der Waals surface area contributed by atoms with Crippen LogP contribution in [0, 0.1) is 0 Å². The second-order valence-electron chi connectivity index (χ2n) is 1.54. The summed E-state index contributed by atoms with van der Waals surface area (Å²) in [6.45, 7) is -0.440. The van der Waals surface area contributed by atoms with Crippen LogP contribution in [0.5, 0.6) is 0 Å². The summed E-state index contributed by atoms with van der Waals surface area (Å²) in [7, 11) is 0. The van der Waals surface area contributed by atoms with Crippen LogP contribution >= 0.6 is 0 Å². The van der Waals surface area contributed by atoms with E-state index in [4.69, 9.17) is 5.11 Å². The van der Waals surface area contributed by atoms with Gasteiger partial charge < -0.3 is 9.84 Å². The minimum atomic E-state index is -0.748. The van der Waals surface area contributed by atoms with E-state index in [9.17, 15) is 9.59 Å². The van der Waals surface area contributed by atoms with Gasteiger partial charge in [-0.3, -0.25) is 0 Å².